The van der Waals surface area contributed by atoms with Gasteiger partial charge in [-0.25, -0.2) is 9.97 Å². The number of fused-ring (bicyclic) bond motifs is 1. The predicted octanol–water partition coefficient (Wildman–Crippen LogP) is 3.12. The van der Waals surface area contributed by atoms with E-state index in [-0.39, 0.29) is 5.75 Å². The molecule has 5 nitrogen and oxygen atoms in total. The molecule has 0 bridgehead atoms. The normalized spacial score (nSPS) is 18.1. The first-order valence-corrected chi connectivity index (χ1v) is 8.21. The molecule has 24 heavy (non-hydrogen) atoms. The summed E-state index contributed by atoms with van der Waals surface area (Å²) in [4.78, 5) is 11.7. The summed E-state index contributed by atoms with van der Waals surface area (Å²) < 4.78 is 0. The molecule has 0 saturated carbocycles. The fourth-order valence-corrected chi connectivity index (χ4v) is 3.22. The number of likely N-dealkylation sites (N-methyl/N-ethyl adjacent to an activating group) is 1. The van der Waals surface area contributed by atoms with Gasteiger partial charge in [-0.1, -0.05) is 24.3 Å². The second-order valence-corrected chi connectivity index (χ2v) is 6.32. The van der Waals surface area contributed by atoms with Gasteiger partial charge in [-0.3, -0.25) is 0 Å². The third kappa shape index (κ3) is 2.78. The van der Waals surface area contributed by atoms with Crippen LogP contribution in [0.3, 0.4) is 0 Å². The Morgan fingerprint density at radius 3 is 2.67 bits per heavy atom. The average Bonchev–Trinajstić information content (AvgIpc) is 3.00. The Kier molecular flexibility index (Phi) is 3.78. The van der Waals surface area contributed by atoms with Crippen LogP contribution in [0, 0.1) is 0 Å². The van der Waals surface area contributed by atoms with Crippen LogP contribution in [0.25, 0.3) is 22.3 Å². The lowest BCUT2D eigenvalue weighted by molar-refractivity contribution is 0.414. The standard InChI is InChI=1S/C19H20N4O/c1-23-11-10-13(12-23)20-18-14-6-2-4-8-16(14)21-19(22-18)15-7-3-5-9-17(15)24/h2-9,13,24H,10-12H2,1H3,(H,20,21,22)/t13-/m0/s1. The van der Waals surface area contributed by atoms with Crippen molar-refractivity contribution in [2.45, 2.75) is 12.5 Å². The van der Waals surface area contributed by atoms with Gasteiger partial charge in [0.1, 0.15) is 11.6 Å². The minimum absolute atomic E-state index is 0.194. The molecule has 5 heteroatoms. The number of anilines is 1. The summed E-state index contributed by atoms with van der Waals surface area (Å²) in [6, 6.07) is 15.5. The number of nitrogens with zero attached hydrogens (tertiary/aromatic N) is 3. The molecule has 0 amide bonds. The number of nitrogens with one attached hydrogen (secondary N) is 1. The van der Waals surface area contributed by atoms with Gasteiger partial charge in [-0.05, 0) is 44.3 Å². The second-order valence-electron chi connectivity index (χ2n) is 6.32. The van der Waals surface area contributed by atoms with Gasteiger partial charge in [0.15, 0.2) is 5.82 Å². The quantitative estimate of drug-likeness (QED) is 0.776. The smallest absolute Gasteiger partial charge is 0.165 e. The van der Waals surface area contributed by atoms with Gasteiger partial charge in [0.05, 0.1) is 11.1 Å². The lowest BCUT2D eigenvalue weighted by Gasteiger charge is -2.16. The van der Waals surface area contributed by atoms with Gasteiger partial charge >= 0.3 is 0 Å². The molecule has 0 unspecified atom stereocenters. The summed E-state index contributed by atoms with van der Waals surface area (Å²) in [7, 11) is 2.13. The highest BCUT2D eigenvalue weighted by Gasteiger charge is 2.21. The van der Waals surface area contributed by atoms with E-state index in [0.717, 1.165) is 36.2 Å². The molecule has 4 rings (SSSR count). The number of hydrogen-bond acceptors (Lipinski definition) is 5. The predicted molar refractivity (Wildman–Crippen MR) is 96.2 cm³/mol. The molecule has 0 aliphatic carbocycles. The van der Waals surface area contributed by atoms with Gasteiger partial charge in [0.2, 0.25) is 0 Å². The summed E-state index contributed by atoms with van der Waals surface area (Å²) >= 11 is 0. The minimum Gasteiger partial charge on any atom is -0.507 e. The molecule has 2 heterocycles. The van der Waals surface area contributed by atoms with Crippen LogP contribution in [0.1, 0.15) is 6.42 Å². The highest BCUT2D eigenvalue weighted by Crippen LogP contribution is 2.30. The number of phenols is 1. The monoisotopic (exact) mass is 320 g/mol. The summed E-state index contributed by atoms with van der Waals surface area (Å²) in [5.41, 5.74) is 1.52. The summed E-state index contributed by atoms with van der Waals surface area (Å²) in [5, 5.41) is 14.7. The maximum atomic E-state index is 10.1. The molecule has 3 aromatic rings. The summed E-state index contributed by atoms with van der Waals surface area (Å²) in [6.07, 6.45) is 1.10. The zero-order chi connectivity index (χ0) is 16.5. The van der Waals surface area contributed by atoms with Crippen LogP contribution < -0.4 is 5.32 Å². The lowest BCUT2D eigenvalue weighted by Crippen LogP contribution is -2.24. The number of para-hydroxylation sites is 2. The van der Waals surface area contributed by atoms with Crippen molar-refractivity contribution < 1.29 is 5.11 Å². The highest BCUT2D eigenvalue weighted by molar-refractivity contribution is 5.91. The SMILES string of the molecule is CN1CC[C@H](Nc2nc(-c3ccccc3O)nc3ccccc23)C1. The van der Waals surface area contributed by atoms with Crippen LogP contribution >= 0.6 is 0 Å². The molecule has 1 saturated heterocycles. The van der Waals surface area contributed by atoms with Crippen LogP contribution in [-0.2, 0) is 0 Å². The van der Waals surface area contributed by atoms with Crippen LogP contribution in [0.5, 0.6) is 5.75 Å². The van der Waals surface area contributed by atoms with Gasteiger partial charge in [0.25, 0.3) is 0 Å². The van der Waals surface area contributed by atoms with E-state index >= 15 is 0 Å². The lowest BCUT2D eigenvalue weighted by atomic mass is 10.1. The largest absolute Gasteiger partial charge is 0.507 e. The maximum Gasteiger partial charge on any atom is 0.165 e. The van der Waals surface area contributed by atoms with Crippen molar-refractivity contribution in [2.24, 2.45) is 0 Å². The van der Waals surface area contributed by atoms with Gasteiger partial charge in [-0.15, -0.1) is 0 Å². The summed E-state index contributed by atoms with van der Waals surface area (Å²) in [5.74, 6) is 1.57. The molecule has 0 radical (unpaired) electrons. The maximum absolute atomic E-state index is 10.1. The van der Waals surface area contributed by atoms with E-state index in [4.69, 9.17) is 4.98 Å². The Bertz CT molecular complexity index is 880. The van der Waals surface area contributed by atoms with E-state index in [1.54, 1.807) is 12.1 Å². The fraction of sp³-hybridized carbons (Fsp3) is 0.263. The molecule has 1 aromatic heterocycles. The van der Waals surface area contributed by atoms with Crippen LogP contribution in [0.4, 0.5) is 5.82 Å². The first-order valence-electron chi connectivity index (χ1n) is 8.21. The number of aromatic hydroxyl groups is 1. The van der Waals surface area contributed by atoms with Crippen LogP contribution in [-0.4, -0.2) is 46.2 Å². The van der Waals surface area contributed by atoms with E-state index in [9.17, 15) is 5.11 Å². The second kappa shape index (κ2) is 6.09. The molecule has 1 aliphatic rings. The van der Waals surface area contributed by atoms with E-state index in [1.807, 2.05) is 36.4 Å². The third-order valence-corrected chi connectivity index (χ3v) is 4.48. The Morgan fingerprint density at radius 1 is 1.08 bits per heavy atom. The van der Waals surface area contributed by atoms with Crippen molar-refractivity contribution in [3.63, 3.8) is 0 Å². The molecule has 1 fully saturated rings. The Morgan fingerprint density at radius 2 is 1.88 bits per heavy atom. The minimum atomic E-state index is 0.194. The molecule has 1 atom stereocenters. The number of hydrogen-bond donors (Lipinski definition) is 2. The average molecular weight is 320 g/mol. The van der Waals surface area contributed by atoms with E-state index in [2.05, 4.69) is 22.2 Å². The highest BCUT2D eigenvalue weighted by atomic mass is 16.3. The van der Waals surface area contributed by atoms with Crippen LogP contribution in [0.2, 0.25) is 0 Å². The summed E-state index contributed by atoms with van der Waals surface area (Å²) in [6.45, 7) is 2.09. The van der Waals surface area contributed by atoms with Gasteiger partial charge in [0, 0.05) is 18.0 Å². The van der Waals surface area contributed by atoms with E-state index in [0.29, 0.717) is 17.4 Å². The van der Waals surface area contributed by atoms with Gasteiger partial charge < -0.3 is 15.3 Å². The Balaban J connectivity index is 1.80. The molecule has 0 spiro atoms. The van der Waals surface area contributed by atoms with Crippen molar-refractivity contribution in [3.05, 3.63) is 48.5 Å². The van der Waals surface area contributed by atoms with Crippen molar-refractivity contribution in [1.29, 1.82) is 0 Å². The fourth-order valence-electron chi connectivity index (χ4n) is 3.22. The molecule has 2 aromatic carbocycles. The van der Waals surface area contributed by atoms with Crippen molar-refractivity contribution in [1.82, 2.24) is 14.9 Å². The van der Waals surface area contributed by atoms with E-state index < -0.39 is 0 Å². The molecular weight excluding hydrogens is 300 g/mol. The van der Waals surface area contributed by atoms with Crippen molar-refractivity contribution >= 4 is 16.7 Å². The number of phenolic OH excluding ortho intramolecular Hbond substituents is 1. The zero-order valence-corrected chi connectivity index (χ0v) is 13.6. The number of rotatable bonds is 3. The first-order chi connectivity index (χ1) is 11.7. The third-order valence-electron chi connectivity index (χ3n) is 4.48. The van der Waals surface area contributed by atoms with Crippen LogP contribution in [0.15, 0.2) is 48.5 Å². The molecular formula is C19H20N4O. The molecule has 2 N–H and O–H groups in total. The van der Waals surface area contributed by atoms with Crippen molar-refractivity contribution in [2.75, 3.05) is 25.5 Å². The van der Waals surface area contributed by atoms with Gasteiger partial charge in [-0.2, -0.15) is 0 Å². The molecule has 1 aliphatic heterocycles. The first kappa shape index (κ1) is 14.9. The number of benzene rings is 2. The number of likely N-dealkylation sites (tertiary alicyclic amines) is 1. The Hall–Kier alpha value is -2.66. The Labute approximate surface area is 141 Å². The number of aromatic nitrogens is 2. The topological polar surface area (TPSA) is 61.3 Å². The zero-order valence-electron chi connectivity index (χ0n) is 13.6. The van der Waals surface area contributed by atoms with Crippen molar-refractivity contribution in [3.8, 4) is 17.1 Å². The van der Waals surface area contributed by atoms with E-state index in [1.165, 1.54) is 0 Å². The molecule has 122 valence electrons.